The standard InChI is InChI=1S/C21H17F3N6O6S/c1-11(31)26-13-4-6-14(7-5-13)37(35,36)29-20(21(22,23)24)15-16(27-18(20)33)30(19(34)28-17(15)32)10-12-3-2-8-25-9-12/h2-9,29H,10H2,1H3,(H,26,31)(H,27,33)(H,28,32,34)/t20-/m0/s1. The fourth-order valence-corrected chi connectivity index (χ4v) is 5.12. The van der Waals surface area contributed by atoms with Crippen LogP contribution in [0.4, 0.5) is 24.7 Å². The van der Waals surface area contributed by atoms with Crippen LogP contribution in [0.2, 0.25) is 0 Å². The number of aromatic amines is 1. The highest BCUT2D eigenvalue weighted by Crippen LogP contribution is 2.45. The van der Waals surface area contributed by atoms with Gasteiger partial charge in [0.25, 0.3) is 11.5 Å². The van der Waals surface area contributed by atoms with E-state index in [4.69, 9.17) is 0 Å². The second-order valence-electron chi connectivity index (χ2n) is 7.94. The van der Waals surface area contributed by atoms with Gasteiger partial charge >= 0.3 is 11.9 Å². The summed E-state index contributed by atoms with van der Waals surface area (Å²) in [5.74, 6) is -3.21. The van der Waals surface area contributed by atoms with Crippen LogP contribution >= 0.6 is 0 Å². The van der Waals surface area contributed by atoms with Crippen LogP contribution < -0.4 is 26.6 Å². The summed E-state index contributed by atoms with van der Waals surface area (Å²) in [4.78, 5) is 54.0. The maximum atomic E-state index is 14.6. The van der Waals surface area contributed by atoms with Gasteiger partial charge in [-0.3, -0.25) is 28.9 Å². The van der Waals surface area contributed by atoms with Gasteiger partial charge in [0.05, 0.1) is 17.0 Å². The Labute approximate surface area is 205 Å². The van der Waals surface area contributed by atoms with Gasteiger partial charge in [0.2, 0.25) is 21.5 Å². The van der Waals surface area contributed by atoms with Crippen molar-refractivity contribution in [3.05, 3.63) is 80.8 Å². The summed E-state index contributed by atoms with van der Waals surface area (Å²) in [6, 6.07) is 7.04. The molecular formula is C21H17F3N6O6S. The van der Waals surface area contributed by atoms with E-state index in [1.807, 2.05) is 5.32 Å². The number of carbonyl (C=O) groups excluding carboxylic acids is 2. The van der Waals surface area contributed by atoms with Gasteiger partial charge in [0, 0.05) is 25.0 Å². The molecular weight excluding hydrogens is 521 g/mol. The molecule has 3 heterocycles. The first-order valence-electron chi connectivity index (χ1n) is 10.3. The van der Waals surface area contributed by atoms with Crippen LogP contribution in [0, 0.1) is 0 Å². The van der Waals surface area contributed by atoms with Crippen molar-refractivity contribution in [2.24, 2.45) is 0 Å². The number of pyridine rings is 1. The summed E-state index contributed by atoms with van der Waals surface area (Å²) in [6.45, 7) is 0.804. The zero-order chi connectivity index (χ0) is 27.2. The van der Waals surface area contributed by atoms with Crippen molar-refractivity contribution < 1.29 is 31.2 Å². The van der Waals surface area contributed by atoms with Crippen LogP contribution in [0.3, 0.4) is 0 Å². The van der Waals surface area contributed by atoms with Crippen LogP contribution in [0.15, 0.2) is 63.3 Å². The maximum Gasteiger partial charge on any atom is 0.421 e. The van der Waals surface area contributed by atoms with Crippen molar-refractivity contribution in [3.63, 3.8) is 0 Å². The van der Waals surface area contributed by atoms with Crippen LogP contribution in [-0.2, 0) is 31.7 Å². The molecule has 1 aliphatic heterocycles. The third-order valence-corrected chi connectivity index (χ3v) is 6.88. The summed E-state index contributed by atoms with van der Waals surface area (Å²) in [5.41, 5.74) is -7.64. The number of rotatable bonds is 6. The fourth-order valence-electron chi connectivity index (χ4n) is 3.80. The number of anilines is 2. The van der Waals surface area contributed by atoms with E-state index in [0.717, 1.165) is 24.3 Å². The molecule has 3 aromatic rings. The molecule has 1 aromatic carbocycles. The molecule has 0 saturated carbocycles. The first kappa shape index (κ1) is 25.8. The Kier molecular flexibility index (Phi) is 6.25. The molecule has 0 spiro atoms. The first-order chi connectivity index (χ1) is 17.3. The van der Waals surface area contributed by atoms with E-state index in [9.17, 15) is 40.8 Å². The number of halogens is 3. The summed E-state index contributed by atoms with van der Waals surface area (Å²) < 4.78 is 71.7. The first-order valence-corrected chi connectivity index (χ1v) is 11.8. The van der Waals surface area contributed by atoms with Gasteiger partial charge in [0.15, 0.2) is 0 Å². The molecule has 0 aliphatic carbocycles. The number of sulfonamides is 1. The van der Waals surface area contributed by atoms with Crippen molar-refractivity contribution in [2.75, 3.05) is 10.6 Å². The Morgan fingerprint density at radius 1 is 1.14 bits per heavy atom. The van der Waals surface area contributed by atoms with Gasteiger partial charge in [0.1, 0.15) is 5.82 Å². The molecule has 0 saturated heterocycles. The lowest BCUT2D eigenvalue weighted by Crippen LogP contribution is -2.61. The summed E-state index contributed by atoms with van der Waals surface area (Å²) in [5, 5.41) is 4.23. The van der Waals surface area contributed by atoms with Crippen molar-refractivity contribution in [1.82, 2.24) is 19.3 Å². The molecule has 1 aliphatic rings. The lowest BCUT2D eigenvalue weighted by molar-refractivity contribution is -0.194. The highest BCUT2D eigenvalue weighted by molar-refractivity contribution is 7.89. The van der Waals surface area contributed by atoms with Gasteiger partial charge in [-0.2, -0.15) is 17.9 Å². The molecule has 4 N–H and O–H groups in total. The average Bonchev–Trinajstić information content (AvgIpc) is 3.10. The smallest absolute Gasteiger partial charge is 0.326 e. The quantitative estimate of drug-likeness (QED) is 0.356. The molecule has 4 rings (SSSR count). The third kappa shape index (κ3) is 4.51. The molecule has 0 radical (unpaired) electrons. The van der Waals surface area contributed by atoms with Crippen molar-refractivity contribution in [3.8, 4) is 0 Å². The van der Waals surface area contributed by atoms with Gasteiger partial charge < -0.3 is 10.6 Å². The topological polar surface area (TPSA) is 172 Å². The monoisotopic (exact) mass is 538 g/mol. The van der Waals surface area contributed by atoms with E-state index in [2.05, 4.69) is 10.3 Å². The number of carbonyl (C=O) groups is 2. The number of aromatic nitrogens is 3. The molecule has 0 bridgehead atoms. The normalized spacial score (nSPS) is 17.2. The number of hydrogen-bond donors (Lipinski definition) is 4. The van der Waals surface area contributed by atoms with Gasteiger partial charge in [-0.1, -0.05) is 6.07 Å². The minimum absolute atomic E-state index is 0.164. The minimum Gasteiger partial charge on any atom is -0.326 e. The summed E-state index contributed by atoms with van der Waals surface area (Å²) in [6.07, 6.45) is -2.93. The Morgan fingerprint density at radius 3 is 2.38 bits per heavy atom. The molecule has 0 unspecified atom stereocenters. The number of alkyl halides is 3. The lowest BCUT2D eigenvalue weighted by Gasteiger charge is -2.29. The van der Waals surface area contributed by atoms with Crippen molar-refractivity contribution in [1.29, 1.82) is 0 Å². The Hall–Kier alpha value is -4.31. The molecule has 37 heavy (non-hydrogen) atoms. The summed E-state index contributed by atoms with van der Waals surface area (Å²) >= 11 is 0. The number of hydrogen-bond acceptors (Lipinski definition) is 7. The van der Waals surface area contributed by atoms with Gasteiger partial charge in [-0.25, -0.2) is 13.2 Å². The third-order valence-electron chi connectivity index (χ3n) is 5.41. The molecule has 12 nitrogen and oxygen atoms in total. The van der Waals surface area contributed by atoms with Crippen molar-refractivity contribution in [2.45, 2.75) is 30.1 Å². The Morgan fingerprint density at radius 2 is 1.81 bits per heavy atom. The number of fused-ring (bicyclic) bond motifs is 1. The largest absolute Gasteiger partial charge is 0.421 e. The van der Waals surface area contributed by atoms with E-state index in [-0.39, 0.29) is 5.69 Å². The SMILES string of the molecule is CC(=O)Nc1ccc(S(=O)(=O)N[C@]2(C(F)(F)F)C(=O)Nc3c2c(=O)[nH]c(=O)n3Cc2cccnc2)cc1. The highest BCUT2D eigenvalue weighted by Gasteiger charge is 2.69. The predicted molar refractivity (Wildman–Crippen MR) is 122 cm³/mol. The minimum atomic E-state index is -5.66. The van der Waals surface area contributed by atoms with Crippen LogP contribution in [0.5, 0.6) is 0 Å². The van der Waals surface area contributed by atoms with Gasteiger partial charge in [-0.15, -0.1) is 0 Å². The van der Waals surface area contributed by atoms with Crippen LogP contribution in [-0.4, -0.2) is 40.9 Å². The number of nitrogens with zero attached hydrogens (tertiary/aromatic N) is 2. The van der Waals surface area contributed by atoms with E-state index in [1.165, 1.54) is 36.2 Å². The molecule has 1 atom stereocenters. The molecule has 2 amide bonds. The highest BCUT2D eigenvalue weighted by atomic mass is 32.2. The van der Waals surface area contributed by atoms with Gasteiger partial charge in [-0.05, 0) is 35.9 Å². The number of nitrogens with one attached hydrogen (secondary N) is 4. The number of H-pyrrole nitrogens is 1. The lowest BCUT2D eigenvalue weighted by atomic mass is 9.93. The molecule has 2 aromatic heterocycles. The average molecular weight is 538 g/mol. The zero-order valence-corrected chi connectivity index (χ0v) is 19.5. The van der Waals surface area contributed by atoms with E-state index in [1.54, 1.807) is 4.98 Å². The number of amides is 2. The Balaban J connectivity index is 1.87. The van der Waals surface area contributed by atoms with E-state index >= 15 is 0 Å². The van der Waals surface area contributed by atoms with E-state index < -0.39 is 67.6 Å². The molecule has 0 fully saturated rings. The Bertz CT molecular complexity index is 1620. The molecule has 194 valence electrons. The summed E-state index contributed by atoms with van der Waals surface area (Å²) in [7, 11) is -5.10. The predicted octanol–water partition coefficient (Wildman–Crippen LogP) is 0.626. The van der Waals surface area contributed by atoms with E-state index in [0.29, 0.717) is 10.1 Å². The van der Waals surface area contributed by atoms with Crippen LogP contribution in [0.25, 0.3) is 0 Å². The van der Waals surface area contributed by atoms with Crippen LogP contribution in [0.1, 0.15) is 18.1 Å². The molecule has 16 heteroatoms. The zero-order valence-electron chi connectivity index (χ0n) is 18.7. The number of benzene rings is 1. The van der Waals surface area contributed by atoms with Crippen molar-refractivity contribution >= 4 is 33.3 Å². The second kappa shape index (κ2) is 8.97. The maximum absolute atomic E-state index is 14.6. The second-order valence-corrected chi connectivity index (χ2v) is 9.63. The fraction of sp³-hybridized carbons (Fsp3) is 0.190.